The topological polar surface area (TPSA) is 53.4 Å². The molecule has 0 spiro atoms. The van der Waals surface area contributed by atoms with E-state index >= 15 is 0 Å². The number of aromatic nitrogens is 1. The predicted molar refractivity (Wildman–Crippen MR) is 41.8 cm³/mol. The van der Waals surface area contributed by atoms with Crippen LogP contribution >= 0.6 is 11.6 Å². The van der Waals surface area contributed by atoms with Crippen molar-refractivity contribution < 1.29 is 19.0 Å². The van der Waals surface area contributed by atoms with Gasteiger partial charge in [0.15, 0.2) is 0 Å². The van der Waals surface area contributed by atoms with E-state index in [9.17, 15) is 8.78 Å². The lowest BCUT2D eigenvalue weighted by Gasteiger charge is -2.07. The minimum Gasteiger partial charge on any atom is -0.506 e. The molecular formula is C7H6ClF2NO2. The van der Waals surface area contributed by atoms with Crippen LogP contribution in [0.15, 0.2) is 6.20 Å². The molecule has 2 N–H and O–H groups in total. The molecule has 0 saturated carbocycles. The minimum atomic E-state index is -2.89. The fourth-order valence-electron chi connectivity index (χ4n) is 0.851. The molecular weight excluding hydrogens is 204 g/mol. The van der Waals surface area contributed by atoms with Gasteiger partial charge in [0.1, 0.15) is 5.75 Å². The van der Waals surface area contributed by atoms with E-state index in [1.807, 2.05) is 0 Å². The molecule has 0 aliphatic carbocycles. The Morgan fingerprint density at radius 1 is 1.54 bits per heavy atom. The van der Waals surface area contributed by atoms with Crippen LogP contribution in [-0.2, 0) is 6.61 Å². The molecule has 0 saturated heterocycles. The van der Waals surface area contributed by atoms with Crippen LogP contribution in [-0.4, -0.2) is 15.2 Å². The van der Waals surface area contributed by atoms with Crippen LogP contribution < -0.4 is 0 Å². The molecule has 1 rings (SSSR count). The number of hydrogen-bond donors (Lipinski definition) is 2. The normalized spacial score (nSPS) is 10.8. The van der Waals surface area contributed by atoms with Crippen molar-refractivity contribution in [2.24, 2.45) is 0 Å². The summed E-state index contributed by atoms with van der Waals surface area (Å²) in [5.74, 6) is -0.669. The highest BCUT2D eigenvalue weighted by Gasteiger charge is 2.20. The third-order valence-corrected chi connectivity index (χ3v) is 1.90. The lowest BCUT2D eigenvalue weighted by molar-refractivity contribution is 0.147. The van der Waals surface area contributed by atoms with Gasteiger partial charge in [0.05, 0.1) is 29.1 Å². The molecule has 0 aliphatic rings. The Hall–Kier alpha value is -0.940. The lowest BCUT2D eigenvalue weighted by atomic mass is 10.2. The van der Waals surface area contributed by atoms with Crippen LogP contribution in [0.3, 0.4) is 0 Å². The number of aromatic hydroxyl groups is 1. The summed E-state index contributed by atoms with van der Waals surface area (Å²) in [5, 5.41) is 17.2. The van der Waals surface area contributed by atoms with E-state index in [1.54, 1.807) is 0 Å². The summed E-state index contributed by atoms with van der Waals surface area (Å²) < 4.78 is 24.5. The summed E-state index contributed by atoms with van der Waals surface area (Å²) in [5.41, 5.74) is -0.768. The van der Waals surface area contributed by atoms with Crippen molar-refractivity contribution in [1.82, 2.24) is 4.98 Å². The van der Waals surface area contributed by atoms with Crippen molar-refractivity contribution >= 4 is 11.6 Å². The summed E-state index contributed by atoms with van der Waals surface area (Å²) in [6, 6.07) is 0. The number of rotatable bonds is 2. The van der Waals surface area contributed by atoms with Gasteiger partial charge in [0.25, 0.3) is 6.43 Å². The summed E-state index contributed by atoms with van der Waals surface area (Å²) >= 11 is 5.45. The first-order valence-corrected chi connectivity index (χ1v) is 3.71. The zero-order chi connectivity index (χ0) is 10.0. The van der Waals surface area contributed by atoms with Crippen molar-refractivity contribution in [3.8, 4) is 5.75 Å². The van der Waals surface area contributed by atoms with Crippen molar-refractivity contribution in [2.75, 3.05) is 0 Å². The Kier molecular flexibility index (Phi) is 3.00. The molecule has 6 heteroatoms. The first-order chi connectivity index (χ1) is 6.07. The number of hydrogen-bond acceptors (Lipinski definition) is 3. The first-order valence-electron chi connectivity index (χ1n) is 3.33. The fourth-order valence-corrected chi connectivity index (χ4v) is 1.14. The third kappa shape index (κ3) is 1.87. The molecule has 13 heavy (non-hydrogen) atoms. The van der Waals surface area contributed by atoms with E-state index in [1.165, 1.54) is 0 Å². The van der Waals surface area contributed by atoms with E-state index in [2.05, 4.69) is 4.98 Å². The Balaban J connectivity index is 3.30. The van der Waals surface area contributed by atoms with Crippen molar-refractivity contribution in [3.05, 3.63) is 22.5 Å². The van der Waals surface area contributed by atoms with Gasteiger partial charge in [-0.2, -0.15) is 0 Å². The molecule has 1 heterocycles. The molecule has 0 radical (unpaired) electrons. The summed E-state index contributed by atoms with van der Waals surface area (Å²) in [6.07, 6.45) is -2.06. The van der Waals surface area contributed by atoms with Crippen LogP contribution in [0.4, 0.5) is 8.78 Å². The molecule has 0 unspecified atom stereocenters. The average molecular weight is 210 g/mol. The lowest BCUT2D eigenvalue weighted by Crippen LogP contribution is -1.96. The summed E-state index contributed by atoms with van der Waals surface area (Å²) in [4.78, 5) is 3.47. The zero-order valence-corrected chi connectivity index (χ0v) is 7.09. The van der Waals surface area contributed by atoms with E-state index < -0.39 is 29.4 Å². The molecule has 0 bridgehead atoms. The number of halogens is 3. The fraction of sp³-hybridized carbons (Fsp3) is 0.286. The van der Waals surface area contributed by atoms with Gasteiger partial charge in [-0.1, -0.05) is 11.6 Å². The van der Waals surface area contributed by atoms with Gasteiger partial charge >= 0.3 is 0 Å². The predicted octanol–water partition coefficient (Wildman–Crippen LogP) is 1.87. The smallest absolute Gasteiger partial charge is 0.268 e. The zero-order valence-electron chi connectivity index (χ0n) is 6.34. The van der Waals surface area contributed by atoms with Gasteiger partial charge in [-0.15, -0.1) is 0 Å². The van der Waals surface area contributed by atoms with Gasteiger partial charge in [-0.05, 0) is 0 Å². The molecule has 0 atom stereocenters. The third-order valence-electron chi connectivity index (χ3n) is 1.48. The largest absolute Gasteiger partial charge is 0.506 e. The van der Waals surface area contributed by atoms with Crippen molar-refractivity contribution in [3.63, 3.8) is 0 Å². The second-order valence-electron chi connectivity index (χ2n) is 2.28. The van der Waals surface area contributed by atoms with E-state index in [-0.39, 0.29) is 5.69 Å². The van der Waals surface area contributed by atoms with Gasteiger partial charge in [-0.25, -0.2) is 8.78 Å². The van der Waals surface area contributed by atoms with Gasteiger partial charge < -0.3 is 10.2 Å². The highest BCUT2D eigenvalue weighted by molar-refractivity contribution is 6.32. The number of nitrogens with zero attached hydrogens (tertiary/aromatic N) is 1. The summed E-state index contributed by atoms with van der Waals surface area (Å²) in [6.45, 7) is -0.543. The van der Waals surface area contributed by atoms with Crippen LogP contribution in [0.5, 0.6) is 5.75 Å². The van der Waals surface area contributed by atoms with Crippen LogP contribution in [0.1, 0.15) is 17.7 Å². The van der Waals surface area contributed by atoms with Crippen molar-refractivity contribution in [1.29, 1.82) is 0 Å². The van der Waals surface area contributed by atoms with Crippen molar-refractivity contribution in [2.45, 2.75) is 13.0 Å². The standard InChI is InChI=1S/C7H6ClF2NO2/c8-6-3(2-12)11-1-4(13)5(6)7(9)10/h1,7,12-13H,2H2. The molecule has 3 nitrogen and oxygen atoms in total. The number of aliphatic hydroxyl groups is 1. The van der Waals surface area contributed by atoms with E-state index in [0.717, 1.165) is 6.20 Å². The highest BCUT2D eigenvalue weighted by Crippen LogP contribution is 2.35. The van der Waals surface area contributed by atoms with Gasteiger partial charge in [0, 0.05) is 0 Å². The van der Waals surface area contributed by atoms with Crippen LogP contribution in [0.2, 0.25) is 5.02 Å². The monoisotopic (exact) mass is 209 g/mol. The van der Waals surface area contributed by atoms with Gasteiger partial charge in [0.2, 0.25) is 0 Å². The van der Waals surface area contributed by atoms with Crippen LogP contribution in [0, 0.1) is 0 Å². The number of alkyl halides is 2. The highest BCUT2D eigenvalue weighted by atomic mass is 35.5. The Labute approximate surface area is 77.6 Å². The van der Waals surface area contributed by atoms with E-state index in [0.29, 0.717) is 0 Å². The van der Waals surface area contributed by atoms with Crippen LogP contribution in [0.25, 0.3) is 0 Å². The quantitative estimate of drug-likeness (QED) is 0.782. The Morgan fingerprint density at radius 2 is 2.15 bits per heavy atom. The van der Waals surface area contributed by atoms with Gasteiger partial charge in [-0.3, -0.25) is 4.98 Å². The second-order valence-corrected chi connectivity index (χ2v) is 2.65. The summed E-state index contributed by atoms with van der Waals surface area (Å²) in [7, 11) is 0. The molecule has 1 aromatic rings. The maximum atomic E-state index is 12.3. The Morgan fingerprint density at radius 3 is 2.62 bits per heavy atom. The Bertz CT molecular complexity index is 320. The molecule has 0 fully saturated rings. The number of aliphatic hydroxyl groups excluding tert-OH is 1. The first kappa shape index (κ1) is 10.1. The maximum Gasteiger partial charge on any atom is 0.268 e. The molecule has 0 aliphatic heterocycles. The minimum absolute atomic E-state index is 0.0743. The van der Waals surface area contributed by atoms with E-state index in [4.69, 9.17) is 21.8 Å². The SMILES string of the molecule is OCc1ncc(O)c(C(F)F)c1Cl. The molecule has 72 valence electrons. The second kappa shape index (κ2) is 3.85. The molecule has 0 aromatic carbocycles. The maximum absolute atomic E-state index is 12.3. The molecule has 1 aromatic heterocycles. The molecule has 0 amide bonds. The average Bonchev–Trinajstić information content (AvgIpc) is 2.04. The number of pyridine rings is 1.